The molecular weight excluding hydrogens is 326 g/mol. The molecule has 0 aliphatic carbocycles. The Balaban J connectivity index is 1.79. The van der Waals surface area contributed by atoms with Crippen molar-refractivity contribution in [3.63, 3.8) is 0 Å². The van der Waals surface area contributed by atoms with Gasteiger partial charge in [0.25, 0.3) is 0 Å². The number of methoxy groups -OCH3 is 2. The first-order valence-corrected chi connectivity index (χ1v) is 9.20. The van der Waals surface area contributed by atoms with Crippen molar-refractivity contribution in [2.45, 2.75) is 38.1 Å². The van der Waals surface area contributed by atoms with Crippen LogP contribution >= 0.6 is 0 Å². The fraction of sp³-hybridized carbons (Fsp3) is 0.409. The maximum absolute atomic E-state index is 13.0. The second kappa shape index (κ2) is 8.26. The van der Waals surface area contributed by atoms with E-state index < -0.39 is 0 Å². The summed E-state index contributed by atoms with van der Waals surface area (Å²) >= 11 is 0. The molecule has 1 aliphatic rings. The normalized spacial score (nSPS) is 17.8. The van der Waals surface area contributed by atoms with Crippen molar-refractivity contribution in [2.75, 3.05) is 20.8 Å². The van der Waals surface area contributed by atoms with Crippen LogP contribution in [0.1, 0.15) is 49.3 Å². The topological polar surface area (TPSA) is 38.8 Å². The first kappa shape index (κ1) is 18.3. The van der Waals surface area contributed by atoms with E-state index in [1.54, 1.807) is 14.2 Å². The summed E-state index contributed by atoms with van der Waals surface area (Å²) in [5, 5.41) is 0. The number of ether oxygens (including phenoxy) is 2. The Morgan fingerprint density at radius 1 is 1.15 bits per heavy atom. The van der Waals surface area contributed by atoms with E-state index in [0.717, 1.165) is 36.4 Å². The van der Waals surface area contributed by atoms with Gasteiger partial charge in [0, 0.05) is 18.5 Å². The van der Waals surface area contributed by atoms with Crippen LogP contribution in [-0.2, 0) is 4.79 Å². The van der Waals surface area contributed by atoms with Gasteiger partial charge in [-0.1, -0.05) is 37.3 Å². The number of carbonyl (C=O) groups is 1. The maximum atomic E-state index is 13.0. The van der Waals surface area contributed by atoms with Crippen molar-refractivity contribution in [2.24, 2.45) is 0 Å². The van der Waals surface area contributed by atoms with Gasteiger partial charge in [-0.3, -0.25) is 4.79 Å². The van der Waals surface area contributed by atoms with Gasteiger partial charge >= 0.3 is 0 Å². The lowest BCUT2D eigenvalue weighted by molar-refractivity contribution is -0.132. The second-order valence-corrected chi connectivity index (χ2v) is 6.87. The van der Waals surface area contributed by atoms with Crippen LogP contribution in [0.3, 0.4) is 0 Å². The average Bonchev–Trinajstić information content (AvgIpc) is 3.18. The number of nitrogens with zero attached hydrogens (tertiary/aromatic N) is 1. The highest BCUT2D eigenvalue weighted by Crippen LogP contribution is 2.39. The molecule has 2 aromatic rings. The Morgan fingerprint density at radius 2 is 1.92 bits per heavy atom. The Hall–Kier alpha value is -2.49. The van der Waals surface area contributed by atoms with Gasteiger partial charge in [-0.15, -0.1) is 0 Å². The third-order valence-electron chi connectivity index (χ3n) is 5.22. The zero-order valence-corrected chi connectivity index (χ0v) is 15.8. The molecule has 4 heteroatoms. The number of likely N-dealkylation sites (tertiary alicyclic amines) is 1. The lowest BCUT2D eigenvalue weighted by Crippen LogP contribution is -2.31. The molecule has 0 radical (unpaired) electrons. The molecular formula is C22H27NO3. The number of amides is 1. The van der Waals surface area contributed by atoms with Crippen LogP contribution in [0.25, 0.3) is 0 Å². The first-order chi connectivity index (χ1) is 12.6. The quantitative estimate of drug-likeness (QED) is 0.764. The first-order valence-electron chi connectivity index (χ1n) is 9.20. The standard InChI is InChI=1S/C22H27NO3/c1-16(17-8-5-4-6-9-17)14-22(24)23-13-7-10-20(23)19-15-18(25-2)11-12-21(19)26-3/h4-6,8-9,11-12,15-16,20H,7,10,13-14H2,1-3H3. The molecule has 0 saturated carbocycles. The van der Waals surface area contributed by atoms with Crippen molar-refractivity contribution in [1.82, 2.24) is 4.90 Å². The highest BCUT2D eigenvalue weighted by atomic mass is 16.5. The summed E-state index contributed by atoms with van der Waals surface area (Å²) in [7, 11) is 3.33. The zero-order valence-electron chi connectivity index (χ0n) is 15.8. The SMILES string of the molecule is COc1ccc(OC)c(C2CCCN2C(=O)CC(C)c2ccccc2)c1. The van der Waals surface area contributed by atoms with E-state index >= 15 is 0 Å². The maximum Gasteiger partial charge on any atom is 0.223 e. The summed E-state index contributed by atoms with van der Waals surface area (Å²) in [6, 6.07) is 16.1. The lowest BCUT2D eigenvalue weighted by Gasteiger charge is -2.28. The molecule has 1 aliphatic heterocycles. The molecule has 26 heavy (non-hydrogen) atoms. The van der Waals surface area contributed by atoms with Crippen molar-refractivity contribution in [3.8, 4) is 11.5 Å². The summed E-state index contributed by atoms with van der Waals surface area (Å²) in [6.07, 6.45) is 2.48. The van der Waals surface area contributed by atoms with Crippen LogP contribution < -0.4 is 9.47 Å². The predicted octanol–water partition coefficient (Wildman–Crippen LogP) is 4.56. The number of rotatable bonds is 6. The van der Waals surface area contributed by atoms with Crippen molar-refractivity contribution < 1.29 is 14.3 Å². The molecule has 1 amide bonds. The molecule has 1 fully saturated rings. The Bertz CT molecular complexity index is 744. The van der Waals surface area contributed by atoms with Gasteiger partial charge < -0.3 is 14.4 Å². The highest BCUT2D eigenvalue weighted by molar-refractivity contribution is 5.78. The number of benzene rings is 2. The van der Waals surface area contributed by atoms with Crippen LogP contribution in [0.15, 0.2) is 48.5 Å². The Kier molecular flexibility index (Phi) is 5.82. The molecule has 1 heterocycles. The highest BCUT2D eigenvalue weighted by Gasteiger charge is 2.32. The fourth-order valence-corrected chi connectivity index (χ4v) is 3.77. The van der Waals surface area contributed by atoms with Crippen LogP contribution in [0.4, 0.5) is 0 Å². The van der Waals surface area contributed by atoms with Crippen LogP contribution in [0.5, 0.6) is 11.5 Å². The van der Waals surface area contributed by atoms with Gasteiger partial charge in [0.05, 0.1) is 20.3 Å². The molecule has 0 spiro atoms. The fourth-order valence-electron chi connectivity index (χ4n) is 3.77. The molecule has 2 unspecified atom stereocenters. The van der Waals surface area contributed by atoms with Crippen LogP contribution in [-0.4, -0.2) is 31.6 Å². The summed E-state index contributed by atoms with van der Waals surface area (Å²) in [5.41, 5.74) is 2.24. The number of hydrogen-bond acceptors (Lipinski definition) is 3. The third kappa shape index (κ3) is 3.85. The second-order valence-electron chi connectivity index (χ2n) is 6.87. The molecule has 138 valence electrons. The molecule has 2 aromatic carbocycles. The minimum Gasteiger partial charge on any atom is -0.497 e. The predicted molar refractivity (Wildman–Crippen MR) is 103 cm³/mol. The van der Waals surface area contributed by atoms with Gasteiger partial charge in [-0.2, -0.15) is 0 Å². The zero-order chi connectivity index (χ0) is 18.5. The molecule has 3 rings (SSSR count). The summed E-state index contributed by atoms with van der Waals surface area (Å²) in [4.78, 5) is 15.0. The third-order valence-corrected chi connectivity index (χ3v) is 5.22. The smallest absolute Gasteiger partial charge is 0.223 e. The molecule has 4 nitrogen and oxygen atoms in total. The van der Waals surface area contributed by atoms with Gasteiger partial charge in [-0.25, -0.2) is 0 Å². The largest absolute Gasteiger partial charge is 0.497 e. The van der Waals surface area contributed by atoms with E-state index in [0.29, 0.717) is 6.42 Å². The summed E-state index contributed by atoms with van der Waals surface area (Å²) < 4.78 is 10.9. The van der Waals surface area contributed by atoms with Gasteiger partial charge in [-0.05, 0) is 42.5 Å². The average molecular weight is 353 g/mol. The van der Waals surface area contributed by atoms with E-state index in [9.17, 15) is 4.79 Å². The van der Waals surface area contributed by atoms with Crippen molar-refractivity contribution in [3.05, 3.63) is 59.7 Å². The molecule has 0 aromatic heterocycles. The minimum atomic E-state index is 0.0514. The van der Waals surface area contributed by atoms with Crippen molar-refractivity contribution in [1.29, 1.82) is 0 Å². The molecule has 2 atom stereocenters. The van der Waals surface area contributed by atoms with Gasteiger partial charge in [0.15, 0.2) is 0 Å². The number of hydrogen-bond donors (Lipinski definition) is 0. The number of carbonyl (C=O) groups excluding carboxylic acids is 1. The van der Waals surface area contributed by atoms with Gasteiger partial charge in [0.2, 0.25) is 5.91 Å². The molecule has 1 saturated heterocycles. The van der Waals surface area contributed by atoms with Crippen molar-refractivity contribution >= 4 is 5.91 Å². The van der Waals surface area contributed by atoms with E-state index in [-0.39, 0.29) is 17.9 Å². The summed E-state index contributed by atoms with van der Waals surface area (Å²) in [6.45, 7) is 2.91. The van der Waals surface area contributed by atoms with E-state index in [2.05, 4.69) is 19.1 Å². The van der Waals surface area contributed by atoms with E-state index in [1.807, 2.05) is 41.3 Å². The lowest BCUT2D eigenvalue weighted by atomic mass is 9.96. The van der Waals surface area contributed by atoms with Crippen LogP contribution in [0.2, 0.25) is 0 Å². The van der Waals surface area contributed by atoms with Crippen LogP contribution in [0, 0.1) is 0 Å². The summed E-state index contributed by atoms with van der Waals surface area (Å²) in [5.74, 6) is 2.01. The van der Waals surface area contributed by atoms with E-state index in [4.69, 9.17) is 9.47 Å². The Morgan fingerprint density at radius 3 is 2.62 bits per heavy atom. The Labute approximate surface area is 155 Å². The minimum absolute atomic E-state index is 0.0514. The monoisotopic (exact) mass is 353 g/mol. The van der Waals surface area contributed by atoms with E-state index in [1.165, 1.54) is 5.56 Å². The molecule has 0 N–H and O–H groups in total. The molecule has 0 bridgehead atoms. The van der Waals surface area contributed by atoms with Gasteiger partial charge in [0.1, 0.15) is 11.5 Å².